The Kier molecular flexibility index (Phi) is 7.27. The Labute approximate surface area is 170 Å². The number of hydrogen-bond acceptors (Lipinski definition) is 7. The summed E-state index contributed by atoms with van der Waals surface area (Å²) in [5, 5.41) is 15.7. The van der Waals surface area contributed by atoms with Gasteiger partial charge in [-0.2, -0.15) is 0 Å². The van der Waals surface area contributed by atoms with Gasteiger partial charge in [0.1, 0.15) is 5.75 Å². The minimum atomic E-state index is -0.0271. The molecule has 152 valence electrons. The molecule has 0 bridgehead atoms. The molecule has 0 spiro atoms. The maximum Gasteiger partial charge on any atom is 0.230 e. The van der Waals surface area contributed by atoms with Crippen molar-refractivity contribution in [2.75, 3.05) is 33.5 Å². The molecule has 0 aliphatic heterocycles. The molecule has 1 aliphatic carbocycles. The molecule has 8 nitrogen and oxygen atoms in total. The molecule has 1 amide bonds. The topological polar surface area (TPSA) is 85.2 Å². The van der Waals surface area contributed by atoms with E-state index in [4.69, 9.17) is 4.74 Å². The number of amides is 1. The molecule has 28 heavy (non-hydrogen) atoms. The van der Waals surface area contributed by atoms with Crippen LogP contribution in [0.15, 0.2) is 29.4 Å². The molecule has 3 rings (SSSR count). The molecule has 0 saturated heterocycles. The number of methoxy groups -OCH3 is 1. The van der Waals surface area contributed by atoms with E-state index in [-0.39, 0.29) is 11.9 Å². The van der Waals surface area contributed by atoms with Gasteiger partial charge in [-0.1, -0.05) is 36.7 Å². The Hall–Kier alpha value is -2.13. The first-order chi connectivity index (χ1) is 13.6. The van der Waals surface area contributed by atoms with Crippen molar-refractivity contribution in [1.29, 1.82) is 0 Å². The zero-order valence-electron chi connectivity index (χ0n) is 16.7. The standard InChI is InChI=1S/C19H28N6O2S/c1-24(2)17(14-7-6-10-16(11-14)27-3)12-20-18(26)13-28-19-21-22-23-25(19)15-8-4-5-9-15/h6-7,10-11,15,17H,4-5,8-9,12-13H2,1-3H3,(H,20,26). The summed E-state index contributed by atoms with van der Waals surface area (Å²) in [6, 6.07) is 8.36. The number of likely N-dealkylation sites (N-methyl/N-ethyl adjacent to an activating group) is 1. The third-order valence-electron chi connectivity index (χ3n) is 5.06. The number of nitrogens with one attached hydrogen (secondary N) is 1. The van der Waals surface area contributed by atoms with E-state index in [2.05, 4.69) is 25.7 Å². The lowest BCUT2D eigenvalue weighted by Gasteiger charge is -2.25. The maximum absolute atomic E-state index is 12.4. The second-order valence-electron chi connectivity index (χ2n) is 7.19. The van der Waals surface area contributed by atoms with Crippen LogP contribution >= 0.6 is 11.8 Å². The van der Waals surface area contributed by atoms with Gasteiger partial charge < -0.3 is 15.0 Å². The summed E-state index contributed by atoms with van der Waals surface area (Å²) in [5.41, 5.74) is 1.10. The van der Waals surface area contributed by atoms with Gasteiger partial charge in [0.15, 0.2) is 0 Å². The second kappa shape index (κ2) is 9.88. The second-order valence-corrected chi connectivity index (χ2v) is 8.14. The van der Waals surface area contributed by atoms with Crippen molar-refractivity contribution < 1.29 is 9.53 Å². The average Bonchev–Trinajstić information content (AvgIpc) is 3.37. The van der Waals surface area contributed by atoms with Crippen LogP contribution in [-0.2, 0) is 4.79 Å². The van der Waals surface area contributed by atoms with Crippen LogP contribution in [0.1, 0.15) is 43.3 Å². The van der Waals surface area contributed by atoms with Crippen LogP contribution < -0.4 is 10.1 Å². The number of ether oxygens (including phenoxy) is 1. The van der Waals surface area contributed by atoms with Crippen LogP contribution in [0.4, 0.5) is 0 Å². The molecule has 1 heterocycles. The monoisotopic (exact) mass is 404 g/mol. The molecule has 1 N–H and O–H groups in total. The number of rotatable bonds is 9. The van der Waals surface area contributed by atoms with Gasteiger partial charge >= 0.3 is 0 Å². The fourth-order valence-corrected chi connectivity index (χ4v) is 4.27. The molecule has 1 fully saturated rings. The molecular formula is C19H28N6O2S. The van der Waals surface area contributed by atoms with E-state index in [0.29, 0.717) is 18.3 Å². The number of carbonyl (C=O) groups is 1. The van der Waals surface area contributed by atoms with Crippen molar-refractivity contribution in [2.24, 2.45) is 0 Å². The highest BCUT2D eigenvalue weighted by Gasteiger charge is 2.22. The van der Waals surface area contributed by atoms with E-state index in [9.17, 15) is 4.79 Å². The van der Waals surface area contributed by atoms with E-state index < -0.39 is 0 Å². The summed E-state index contributed by atoms with van der Waals surface area (Å²) in [7, 11) is 5.66. The molecule has 1 aromatic heterocycles. The number of nitrogens with zero attached hydrogens (tertiary/aromatic N) is 5. The number of thioether (sulfide) groups is 1. The summed E-state index contributed by atoms with van der Waals surface area (Å²) >= 11 is 1.39. The van der Waals surface area contributed by atoms with Gasteiger partial charge in [-0.05, 0) is 55.1 Å². The van der Waals surface area contributed by atoms with Crippen molar-refractivity contribution in [3.63, 3.8) is 0 Å². The lowest BCUT2D eigenvalue weighted by Crippen LogP contribution is -2.35. The summed E-state index contributed by atoms with van der Waals surface area (Å²) in [5.74, 6) is 1.08. The average molecular weight is 405 g/mol. The van der Waals surface area contributed by atoms with Gasteiger partial charge in [-0.15, -0.1) is 5.10 Å². The molecule has 2 aromatic rings. The third kappa shape index (κ3) is 5.23. The Morgan fingerprint density at radius 2 is 2.18 bits per heavy atom. The molecule has 1 atom stereocenters. The summed E-state index contributed by atoms with van der Waals surface area (Å²) in [4.78, 5) is 14.5. The smallest absolute Gasteiger partial charge is 0.230 e. The van der Waals surface area contributed by atoms with E-state index in [1.807, 2.05) is 43.0 Å². The minimum absolute atomic E-state index is 0.0271. The zero-order valence-corrected chi connectivity index (χ0v) is 17.5. The molecular weight excluding hydrogens is 376 g/mol. The fourth-order valence-electron chi connectivity index (χ4n) is 3.50. The highest BCUT2D eigenvalue weighted by molar-refractivity contribution is 7.99. The molecule has 1 aliphatic rings. The lowest BCUT2D eigenvalue weighted by atomic mass is 10.1. The van der Waals surface area contributed by atoms with Crippen molar-refractivity contribution >= 4 is 17.7 Å². The SMILES string of the molecule is COc1cccc(C(CNC(=O)CSc2nnnn2C2CCCC2)N(C)C)c1. The first-order valence-electron chi connectivity index (χ1n) is 9.56. The lowest BCUT2D eigenvalue weighted by molar-refractivity contribution is -0.118. The number of carbonyl (C=O) groups excluding carboxylic acids is 1. The number of tetrazole rings is 1. The van der Waals surface area contributed by atoms with Crippen LogP contribution in [0.3, 0.4) is 0 Å². The fraction of sp³-hybridized carbons (Fsp3) is 0.579. The Balaban J connectivity index is 1.53. The van der Waals surface area contributed by atoms with Crippen LogP contribution in [0.25, 0.3) is 0 Å². The maximum atomic E-state index is 12.4. The number of aromatic nitrogens is 4. The molecule has 1 aromatic carbocycles. The van der Waals surface area contributed by atoms with Crippen molar-refractivity contribution in [3.8, 4) is 5.75 Å². The molecule has 1 saturated carbocycles. The van der Waals surface area contributed by atoms with Crippen molar-refractivity contribution in [2.45, 2.75) is 42.9 Å². The minimum Gasteiger partial charge on any atom is -0.497 e. The highest BCUT2D eigenvalue weighted by atomic mass is 32.2. The van der Waals surface area contributed by atoms with E-state index in [0.717, 1.165) is 29.3 Å². The Bertz CT molecular complexity index is 775. The number of benzene rings is 1. The molecule has 1 unspecified atom stereocenters. The molecule has 0 radical (unpaired) electrons. The first kappa shape index (κ1) is 20.6. The predicted molar refractivity (Wildman–Crippen MR) is 108 cm³/mol. The summed E-state index contributed by atoms with van der Waals surface area (Å²) in [6.07, 6.45) is 4.64. The van der Waals surface area contributed by atoms with Gasteiger partial charge in [0.25, 0.3) is 0 Å². The van der Waals surface area contributed by atoms with Crippen LogP contribution in [-0.4, -0.2) is 64.5 Å². The first-order valence-corrected chi connectivity index (χ1v) is 10.5. The largest absolute Gasteiger partial charge is 0.497 e. The summed E-state index contributed by atoms with van der Waals surface area (Å²) < 4.78 is 7.19. The Morgan fingerprint density at radius 1 is 1.39 bits per heavy atom. The van der Waals surface area contributed by atoms with E-state index in [1.165, 1.54) is 24.6 Å². The zero-order chi connectivity index (χ0) is 19.9. The van der Waals surface area contributed by atoms with Gasteiger partial charge in [0, 0.05) is 6.54 Å². The van der Waals surface area contributed by atoms with Gasteiger partial charge in [-0.3, -0.25) is 4.79 Å². The van der Waals surface area contributed by atoms with Gasteiger partial charge in [0.05, 0.1) is 24.9 Å². The Morgan fingerprint density at radius 3 is 2.89 bits per heavy atom. The van der Waals surface area contributed by atoms with Crippen LogP contribution in [0.5, 0.6) is 5.75 Å². The predicted octanol–water partition coefficient (Wildman–Crippen LogP) is 2.31. The van der Waals surface area contributed by atoms with Crippen molar-refractivity contribution in [3.05, 3.63) is 29.8 Å². The summed E-state index contributed by atoms with van der Waals surface area (Å²) in [6.45, 7) is 0.521. The van der Waals surface area contributed by atoms with Gasteiger partial charge in [-0.25, -0.2) is 4.68 Å². The van der Waals surface area contributed by atoms with E-state index in [1.54, 1.807) is 7.11 Å². The third-order valence-corrected chi connectivity index (χ3v) is 5.99. The van der Waals surface area contributed by atoms with Crippen LogP contribution in [0, 0.1) is 0 Å². The highest BCUT2D eigenvalue weighted by Crippen LogP contribution is 2.31. The van der Waals surface area contributed by atoms with Gasteiger partial charge in [0.2, 0.25) is 11.1 Å². The molecule has 9 heteroatoms. The van der Waals surface area contributed by atoms with Crippen LogP contribution in [0.2, 0.25) is 0 Å². The quantitative estimate of drug-likeness (QED) is 0.642. The van der Waals surface area contributed by atoms with E-state index >= 15 is 0 Å². The number of hydrogen-bond donors (Lipinski definition) is 1. The van der Waals surface area contributed by atoms with Crippen molar-refractivity contribution in [1.82, 2.24) is 30.4 Å². The normalized spacial score (nSPS) is 15.7.